The Morgan fingerprint density at radius 3 is 2.32 bits per heavy atom. The van der Waals surface area contributed by atoms with Gasteiger partial charge in [-0.1, -0.05) is 39.8 Å². The Bertz CT molecular complexity index is 956. The molecule has 15 atom stereocenters. The number of carbonyl (C=O) groups excluding carboxylic acids is 1. The predicted octanol–water partition coefficient (Wildman–Crippen LogP) is -2.82. The summed E-state index contributed by atoms with van der Waals surface area (Å²) < 4.78 is 22.7. The number of allylic oxidation sites excluding steroid dienone is 1. The molecule has 0 aliphatic carbocycles. The van der Waals surface area contributed by atoms with Crippen molar-refractivity contribution >= 4 is 5.91 Å². The van der Waals surface area contributed by atoms with Crippen LogP contribution < -0.4 is 11.1 Å². The van der Waals surface area contributed by atoms with E-state index in [1.165, 1.54) is 0 Å². The fourth-order valence-corrected chi connectivity index (χ4v) is 5.69. The zero-order chi connectivity index (χ0) is 33.1. The van der Waals surface area contributed by atoms with Gasteiger partial charge in [-0.3, -0.25) is 4.79 Å². The van der Waals surface area contributed by atoms with Crippen LogP contribution in [0.4, 0.5) is 0 Å². The van der Waals surface area contributed by atoms with Crippen molar-refractivity contribution in [3.8, 4) is 0 Å². The number of aliphatic hydroxyl groups is 8. The van der Waals surface area contributed by atoms with Crippen LogP contribution in [0.1, 0.15) is 53.9 Å². The average Bonchev–Trinajstić information content (AvgIpc) is 2.92. The van der Waals surface area contributed by atoms with E-state index in [0.29, 0.717) is 0 Å². The molecule has 0 aromatic carbocycles. The molecular formula is C29H52N2O13. The van der Waals surface area contributed by atoms with E-state index in [0.717, 1.165) is 0 Å². The lowest BCUT2D eigenvalue weighted by Crippen LogP contribution is -2.64. The van der Waals surface area contributed by atoms with Gasteiger partial charge in [0.1, 0.15) is 18.3 Å². The summed E-state index contributed by atoms with van der Waals surface area (Å²) >= 11 is 0. The van der Waals surface area contributed by atoms with Crippen molar-refractivity contribution in [3.63, 3.8) is 0 Å². The topological polar surface area (TPSA) is 254 Å². The van der Waals surface area contributed by atoms with Crippen LogP contribution in [-0.2, 0) is 23.7 Å². The highest BCUT2D eigenvalue weighted by Gasteiger charge is 2.52. The second-order valence-electron chi connectivity index (χ2n) is 13.0. The van der Waals surface area contributed by atoms with Crippen LogP contribution >= 0.6 is 0 Å². The van der Waals surface area contributed by atoms with Crippen LogP contribution in [0.25, 0.3) is 0 Å². The van der Waals surface area contributed by atoms with Gasteiger partial charge in [-0.05, 0) is 18.8 Å². The summed E-state index contributed by atoms with van der Waals surface area (Å²) in [5.74, 6) is -4.44. The van der Waals surface area contributed by atoms with Gasteiger partial charge in [-0.15, -0.1) is 0 Å². The molecule has 3 aliphatic heterocycles. The first-order chi connectivity index (χ1) is 20.4. The third-order valence-corrected chi connectivity index (χ3v) is 8.52. The molecule has 0 saturated carbocycles. The second kappa shape index (κ2) is 15.5. The lowest BCUT2D eigenvalue weighted by Gasteiger charge is -2.46. The van der Waals surface area contributed by atoms with Gasteiger partial charge in [0.25, 0.3) is 0 Å². The van der Waals surface area contributed by atoms with Crippen LogP contribution in [-0.4, -0.2) is 139 Å². The second-order valence-corrected chi connectivity index (χ2v) is 13.0. The molecule has 256 valence electrons. The summed E-state index contributed by atoms with van der Waals surface area (Å²) in [7, 11) is 0. The Labute approximate surface area is 257 Å². The molecule has 0 aromatic rings. The quantitative estimate of drug-likeness (QED) is 0.103. The number of hydrogen-bond acceptors (Lipinski definition) is 14. The van der Waals surface area contributed by atoms with Crippen LogP contribution in [0.5, 0.6) is 0 Å². The van der Waals surface area contributed by atoms with Crippen LogP contribution in [0.3, 0.4) is 0 Å². The standard InChI is InChI=1S/C29H52N2O13/c1-12(2)6-7-15(43-28-24(36)21(30)23(35)14(5)42-28)8-19-20(17(33)10-29(40,44-19)9-16(32)13(3)4)26(38)31-22-18(34)11-41-27(39)25(22)37/h6-7,12-25,27-28,32-37,39-40H,8-11,30H2,1-5H3,(H,31,38)/b7-6+/t14?,15-,16+,17-,18?,19?,20+,21?,22?,23?,24?,25?,27?,28?,29+/m0/s1. The van der Waals surface area contributed by atoms with E-state index < -0.39 is 104 Å². The zero-order valence-electron chi connectivity index (χ0n) is 25.9. The number of nitrogens with one attached hydrogen (secondary N) is 1. The number of carbonyl (C=O) groups is 1. The predicted molar refractivity (Wildman–Crippen MR) is 153 cm³/mol. The summed E-state index contributed by atoms with van der Waals surface area (Å²) in [6.07, 6.45) is -11.4. The maximum Gasteiger partial charge on any atom is 0.228 e. The minimum Gasteiger partial charge on any atom is -0.393 e. The molecular weight excluding hydrogens is 584 g/mol. The molecule has 3 aliphatic rings. The van der Waals surface area contributed by atoms with Gasteiger partial charge in [0.2, 0.25) is 5.91 Å². The van der Waals surface area contributed by atoms with Gasteiger partial charge in [-0.25, -0.2) is 0 Å². The highest BCUT2D eigenvalue weighted by molar-refractivity contribution is 5.80. The van der Waals surface area contributed by atoms with E-state index in [1.807, 2.05) is 13.8 Å². The lowest BCUT2D eigenvalue weighted by molar-refractivity contribution is -0.307. The van der Waals surface area contributed by atoms with E-state index in [2.05, 4.69) is 5.32 Å². The SMILES string of the molecule is CC(C)/C=C/[C@@H](CC1O[C@](O)(C[C@@H](O)C(C)C)C[C@H](O)[C@H]1C(=O)NC1C(O)COC(O)C1O)OC1OC(C)C(O)C(N)C1O. The largest absolute Gasteiger partial charge is 0.393 e. The Morgan fingerprint density at radius 2 is 1.70 bits per heavy atom. The first-order valence-corrected chi connectivity index (χ1v) is 15.3. The Kier molecular flexibility index (Phi) is 13.1. The summed E-state index contributed by atoms with van der Waals surface area (Å²) in [6.45, 7) is 8.53. The third kappa shape index (κ3) is 9.15. The number of rotatable bonds is 11. The maximum absolute atomic E-state index is 13.6. The molecule has 0 radical (unpaired) electrons. The molecule has 3 fully saturated rings. The zero-order valence-corrected chi connectivity index (χ0v) is 25.9. The van der Waals surface area contributed by atoms with Gasteiger partial charge < -0.3 is 70.9 Å². The molecule has 3 heterocycles. The number of aliphatic hydroxyl groups excluding tert-OH is 7. The van der Waals surface area contributed by atoms with E-state index in [1.54, 1.807) is 32.9 Å². The van der Waals surface area contributed by atoms with Crippen molar-refractivity contribution in [2.24, 2.45) is 23.5 Å². The highest BCUT2D eigenvalue weighted by Crippen LogP contribution is 2.38. The summed E-state index contributed by atoms with van der Waals surface area (Å²) in [6, 6.07) is -2.41. The average molecular weight is 637 g/mol. The fraction of sp³-hybridized carbons (Fsp3) is 0.897. The molecule has 0 bridgehead atoms. The van der Waals surface area contributed by atoms with Gasteiger partial charge in [0.05, 0.1) is 61.2 Å². The molecule has 11 N–H and O–H groups in total. The van der Waals surface area contributed by atoms with E-state index in [4.69, 9.17) is 24.7 Å². The molecule has 3 rings (SSSR count). The number of nitrogens with two attached hydrogens (primary N) is 1. The highest BCUT2D eigenvalue weighted by atomic mass is 16.7. The summed E-state index contributed by atoms with van der Waals surface area (Å²) in [5, 5.41) is 87.1. The molecule has 44 heavy (non-hydrogen) atoms. The van der Waals surface area contributed by atoms with Crippen molar-refractivity contribution in [1.82, 2.24) is 5.32 Å². The minimum absolute atomic E-state index is 0.0549. The monoisotopic (exact) mass is 636 g/mol. The van der Waals surface area contributed by atoms with Crippen molar-refractivity contribution in [2.75, 3.05) is 6.61 Å². The van der Waals surface area contributed by atoms with Gasteiger partial charge in [0.15, 0.2) is 18.4 Å². The fourth-order valence-electron chi connectivity index (χ4n) is 5.69. The Balaban J connectivity index is 1.92. The van der Waals surface area contributed by atoms with Gasteiger partial charge in [-0.2, -0.15) is 0 Å². The smallest absolute Gasteiger partial charge is 0.228 e. The van der Waals surface area contributed by atoms with Crippen molar-refractivity contribution in [2.45, 2.75) is 139 Å². The van der Waals surface area contributed by atoms with Crippen molar-refractivity contribution in [1.29, 1.82) is 0 Å². The molecule has 3 saturated heterocycles. The molecule has 10 unspecified atom stereocenters. The van der Waals surface area contributed by atoms with Gasteiger partial charge in [0, 0.05) is 19.3 Å². The lowest BCUT2D eigenvalue weighted by atomic mass is 9.81. The number of hydrogen-bond donors (Lipinski definition) is 10. The normalized spacial score (nSPS) is 43.4. The maximum atomic E-state index is 13.6. The summed E-state index contributed by atoms with van der Waals surface area (Å²) in [4.78, 5) is 13.6. The van der Waals surface area contributed by atoms with E-state index in [-0.39, 0.29) is 31.3 Å². The third-order valence-electron chi connectivity index (χ3n) is 8.52. The van der Waals surface area contributed by atoms with E-state index in [9.17, 15) is 45.6 Å². The minimum atomic E-state index is -2.04. The molecule has 15 heteroatoms. The summed E-state index contributed by atoms with van der Waals surface area (Å²) in [5.41, 5.74) is 5.98. The van der Waals surface area contributed by atoms with Crippen molar-refractivity contribution < 1.29 is 64.6 Å². The van der Waals surface area contributed by atoms with Crippen molar-refractivity contribution in [3.05, 3.63) is 12.2 Å². The van der Waals surface area contributed by atoms with Crippen LogP contribution in [0.15, 0.2) is 12.2 Å². The van der Waals surface area contributed by atoms with Crippen LogP contribution in [0, 0.1) is 17.8 Å². The Morgan fingerprint density at radius 1 is 1.05 bits per heavy atom. The van der Waals surface area contributed by atoms with Crippen LogP contribution in [0.2, 0.25) is 0 Å². The molecule has 15 nitrogen and oxygen atoms in total. The molecule has 0 aromatic heterocycles. The molecule has 0 spiro atoms. The van der Waals surface area contributed by atoms with E-state index >= 15 is 0 Å². The van der Waals surface area contributed by atoms with Gasteiger partial charge >= 0.3 is 0 Å². The Hall–Kier alpha value is -1.31. The number of amides is 1. The number of ether oxygens (including phenoxy) is 4. The molecule has 1 amide bonds. The first kappa shape index (κ1) is 37.2. The first-order valence-electron chi connectivity index (χ1n) is 15.3.